The Hall–Kier alpha value is -1.58. The minimum atomic E-state index is -0.665. The van der Waals surface area contributed by atoms with Gasteiger partial charge in [0.25, 0.3) is 0 Å². The van der Waals surface area contributed by atoms with Crippen LogP contribution in [0.3, 0.4) is 0 Å². The SMILES string of the molecule is CCCOc1ccc(F)c(C(=O)OCC)c1. The van der Waals surface area contributed by atoms with Crippen molar-refractivity contribution in [2.24, 2.45) is 0 Å². The minimum Gasteiger partial charge on any atom is -0.494 e. The molecule has 88 valence electrons. The Morgan fingerprint density at radius 2 is 2.12 bits per heavy atom. The van der Waals surface area contributed by atoms with E-state index in [9.17, 15) is 9.18 Å². The fourth-order valence-corrected chi connectivity index (χ4v) is 1.18. The van der Waals surface area contributed by atoms with Crippen LogP contribution in [0.15, 0.2) is 18.2 Å². The summed E-state index contributed by atoms with van der Waals surface area (Å²) in [4.78, 5) is 11.4. The van der Waals surface area contributed by atoms with Gasteiger partial charge in [-0.15, -0.1) is 0 Å². The first kappa shape index (κ1) is 12.5. The molecule has 3 nitrogen and oxygen atoms in total. The molecule has 1 aromatic rings. The Balaban J connectivity index is 2.85. The lowest BCUT2D eigenvalue weighted by molar-refractivity contribution is 0.0520. The normalized spacial score (nSPS) is 9.94. The van der Waals surface area contributed by atoms with Crippen molar-refractivity contribution in [3.05, 3.63) is 29.6 Å². The Labute approximate surface area is 94.2 Å². The second-order valence-corrected chi connectivity index (χ2v) is 3.21. The summed E-state index contributed by atoms with van der Waals surface area (Å²) < 4.78 is 23.3. The van der Waals surface area contributed by atoms with E-state index in [1.807, 2.05) is 6.92 Å². The highest BCUT2D eigenvalue weighted by Gasteiger charge is 2.13. The van der Waals surface area contributed by atoms with E-state index in [0.717, 1.165) is 6.42 Å². The average Bonchev–Trinajstić information content (AvgIpc) is 2.28. The van der Waals surface area contributed by atoms with Gasteiger partial charge in [-0.2, -0.15) is 0 Å². The van der Waals surface area contributed by atoms with Gasteiger partial charge in [0.2, 0.25) is 0 Å². The molecule has 16 heavy (non-hydrogen) atoms. The van der Waals surface area contributed by atoms with E-state index in [0.29, 0.717) is 12.4 Å². The van der Waals surface area contributed by atoms with Crippen LogP contribution in [0.1, 0.15) is 30.6 Å². The molecule has 0 aliphatic heterocycles. The van der Waals surface area contributed by atoms with Gasteiger partial charge in [-0.3, -0.25) is 0 Å². The molecule has 0 unspecified atom stereocenters. The Morgan fingerprint density at radius 1 is 1.38 bits per heavy atom. The van der Waals surface area contributed by atoms with Gasteiger partial charge in [0.1, 0.15) is 11.6 Å². The smallest absolute Gasteiger partial charge is 0.341 e. The van der Waals surface area contributed by atoms with E-state index in [-0.39, 0.29) is 12.2 Å². The van der Waals surface area contributed by atoms with Gasteiger partial charge in [-0.05, 0) is 31.5 Å². The van der Waals surface area contributed by atoms with Crippen molar-refractivity contribution in [3.63, 3.8) is 0 Å². The predicted octanol–water partition coefficient (Wildman–Crippen LogP) is 2.79. The summed E-state index contributed by atoms with van der Waals surface area (Å²) in [6, 6.07) is 4.06. The summed E-state index contributed by atoms with van der Waals surface area (Å²) in [5.74, 6) is -0.782. The molecule has 0 radical (unpaired) electrons. The molecule has 0 fully saturated rings. The number of carbonyl (C=O) groups excluding carboxylic acids is 1. The van der Waals surface area contributed by atoms with E-state index in [2.05, 4.69) is 0 Å². The van der Waals surface area contributed by atoms with E-state index in [1.165, 1.54) is 18.2 Å². The quantitative estimate of drug-likeness (QED) is 0.724. The number of carbonyl (C=O) groups is 1. The first-order valence-corrected chi connectivity index (χ1v) is 5.28. The molecule has 0 aliphatic carbocycles. The fraction of sp³-hybridized carbons (Fsp3) is 0.417. The number of halogens is 1. The maximum atomic E-state index is 13.3. The molecule has 1 aromatic carbocycles. The van der Waals surface area contributed by atoms with E-state index < -0.39 is 11.8 Å². The van der Waals surface area contributed by atoms with Crippen LogP contribution in [0.5, 0.6) is 5.75 Å². The lowest BCUT2D eigenvalue weighted by atomic mass is 10.2. The highest BCUT2D eigenvalue weighted by atomic mass is 19.1. The molecule has 0 atom stereocenters. The molecule has 0 N–H and O–H groups in total. The molecular weight excluding hydrogens is 211 g/mol. The summed E-state index contributed by atoms with van der Waals surface area (Å²) in [6.07, 6.45) is 0.853. The summed E-state index contributed by atoms with van der Waals surface area (Å²) in [5, 5.41) is 0. The van der Waals surface area contributed by atoms with Crippen LogP contribution in [0.2, 0.25) is 0 Å². The topological polar surface area (TPSA) is 35.5 Å². The summed E-state index contributed by atoms with van der Waals surface area (Å²) >= 11 is 0. The Bertz CT molecular complexity index is 363. The van der Waals surface area contributed by atoms with Crippen LogP contribution in [-0.4, -0.2) is 19.2 Å². The number of benzene rings is 1. The van der Waals surface area contributed by atoms with Gasteiger partial charge < -0.3 is 9.47 Å². The number of rotatable bonds is 5. The second kappa shape index (κ2) is 6.10. The zero-order valence-corrected chi connectivity index (χ0v) is 9.46. The summed E-state index contributed by atoms with van der Waals surface area (Å²) in [6.45, 7) is 4.40. The third kappa shape index (κ3) is 3.22. The first-order chi connectivity index (χ1) is 7.69. The first-order valence-electron chi connectivity index (χ1n) is 5.28. The van der Waals surface area contributed by atoms with Gasteiger partial charge in [-0.1, -0.05) is 6.92 Å². The molecule has 0 aliphatic rings. The third-order valence-electron chi connectivity index (χ3n) is 1.91. The van der Waals surface area contributed by atoms with Crippen LogP contribution in [0.4, 0.5) is 4.39 Å². The third-order valence-corrected chi connectivity index (χ3v) is 1.91. The Morgan fingerprint density at radius 3 is 2.75 bits per heavy atom. The summed E-state index contributed by atoms with van der Waals surface area (Å²) in [7, 11) is 0. The monoisotopic (exact) mass is 226 g/mol. The van der Waals surface area contributed by atoms with Crippen molar-refractivity contribution >= 4 is 5.97 Å². The van der Waals surface area contributed by atoms with Crippen molar-refractivity contribution in [1.82, 2.24) is 0 Å². The highest BCUT2D eigenvalue weighted by Crippen LogP contribution is 2.18. The van der Waals surface area contributed by atoms with Gasteiger partial charge in [-0.25, -0.2) is 9.18 Å². The van der Waals surface area contributed by atoms with Gasteiger partial charge >= 0.3 is 5.97 Å². The molecule has 0 heterocycles. The summed E-state index contributed by atoms with van der Waals surface area (Å²) in [5.41, 5.74) is -0.0875. The molecule has 4 heteroatoms. The van der Waals surface area contributed by atoms with Gasteiger partial charge in [0.15, 0.2) is 0 Å². The number of hydrogen-bond donors (Lipinski definition) is 0. The van der Waals surface area contributed by atoms with E-state index in [4.69, 9.17) is 9.47 Å². The van der Waals surface area contributed by atoms with E-state index >= 15 is 0 Å². The van der Waals surface area contributed by atoms with Crippen molar-refractivity contribution < 1.29 is 18.7 Å². The standard InChI is InChI=1S/C12H15FO3/c1-3-7-16-9-5-6-11(13)10(8-9)12(14)15-4-2/h5-6,8H,3-4,7H2,1-2H3. The minimum absolute atomic E-state index is 0.0875. The maximum absolute atomic E-state index is 13.3. The van der Waals surface area contributed by atoms with Gasteiger partial charge in [0.05, 0.1) is 18.8 Å². The zero-order chi connectivity index (χ0) is 12.0. The van der Waals surface area contributed by atoms with Crippen LogP contribution >= 0.6 is 0 Å². The Kier molecular flexibility index (Phi) is 4.76. The van der Waals surface area contributed by atoms with Crippen molar-refractivity contribution in [2.45, 2.75) is 20.3 Å². The zero-order valence-electron chi connectivity index (χ0n) is 9.46. The van der Waals surface area contributed by atoms with Crippen LogP contribution in [0.25, 0.3) is 0 Å². The van der Waals surface area contributed by atoms with Crippen molar-refractivity contribution in [1.29, 1.82) is 0 Å². The molecule has 0 aromatic heterocycles. The predicted molar refractivity (Wildman–Crippen MR) is 58.1 cm³/mol. The van der Waals surface area contributed by atoms with Crippen LogP contribution in [0, 0.1) is 5.82 Å². The number of hydrogen-bond acceptors (Lipinski definition) is 3. The highest BCUT2D eigenvalue weighted by molar-refractivity contribution is 5.90. The van der Waals surface area contributed by atoms with Crippen molar-refractivity contribution in [2.75, 3.05) is 13.2 Å². The lowest BCUT2D eigenvalue weighted by Gasteiger charge is -2.07. The lowest BCUT2D eigenvalue weighted by Crippen LogP contribution is -2.07. The number of ether oxygens (including phenoxy) is 2. The molecule has 0 bridgehead atoms. The molecule has 1 rings (SSSR count). The number of esters is 1. The average molecular weight is 226 g/mol. The maximum Gasteiger partial charge on any atom is 0.341 e. The molecule has 0 amide bonds. The molecule has 0 saturated heterocycles. The van der Waals surface area contributed by atoms with Crippen LogP contribution in [-0.2, 0) is 4.74 Å². The van der Waals surface area contributed by atoms with E-state index in [1.54, 1.807) is 6.92 Å². The van der Waals surface area contributed by atoms with Crippen LogP contribution < -0.4 is 4.74 Å². The molecule has 0 saturated carbocycles. The molecular formula is C12H15FO3. The molecule has 0 spiro atoms. The van der Waals surface area contributed by atoms with Gasteiger partial charge in [0, 0.05) is 0 Å². The largest absolute Gasteiger partial charge is 0.494 e. The van der Waals surface area contributed by atoms with Crippen molar-refractivity contribution in [3.8, 4) is 5.75 Å². The second-order valence-electron chi connectivity index (χ2n) is 3.21. The fourth-order valence-electron chi connectivity index (χ4n) is 1.18.